The fourth-order valence-corrected chi connectivity index (χ4v) is 7.26. The molecule has 9 heteroatoms. The maximum atomic E-state index is 13.0. The number of nitrogens with one attached hydrogen (secondary N) is 1. The Morgan fingerprint density at radius 3 is 2.48 bits per heavy atom. The highest BCUT2D eigenvalue weighted by molar-refractivity contribution is 7.90. The Kier molecular flexibility index (Phi) is 9.74. The Labute approximate surface area is 260 Å². The lowest BCUT2D eigenvalue weighted by atomic mass is 9.99. The van der Waals surface area contributed by atoms with E-state index in [1.165, 1.54) is 11.6 Å². The van der Waals surface area contributed by atoms with Crippen molar-refractivity contribution >= 4 is 32.7 Å². The van der Waals surface area contributed by atoms with E-state index in [-0.39, 0.29) is 16.4 Å². The maximum absolute atomic E-state index is 13.0. The van der Waals surface area contributed by atoms with Gasteiger partial charge in [-0.1, -0.05) is 37.3 Å². The highest BCUT2D eigenvalue weighted by atomic mass is 32.2. The second-order valence-corrected chi connectivity index (χ2v) is 13.2. The van der Waals surface area contributed by atoms with Gasteiger partial charge in [0.1, 0.15) is 5.75 Å². The average molecular weight is 616 g/mol. The van der Waals surface area contributed by atoms with Crippen LogP contribution in [0.2, 0.25) is 0 Å². The molecule has 0 aliphatic carbocycles. The number of hydrogen-bond donors (Lipinski definition) is 1. The Balaban J connectivity index is 1.35. The monoisotopic (exact) mass is 615 g/mol. The lowest BCUT2D eigenvalue weighted by molar-refractivity contribution is -0.130. The van der Waals surface area contributed by atoms with Crippen LogP contribution in [0, 0.1) is 6.92 Å². The third-order valence-corrected chi connectivity index (χ3v) is 9.84. The van der Waals surface area contributed by atoms with Gasteiger partial charge in [0, 0.05) is 55.1 Å². The molecular weight excluding hydrogens is 574 g/mol. The van der Waals surface area contributed by atoms with Crippen LogP contribution in [-0.2, 0) is 34.2 Å². The molecule has 8 nitrogen and oxygen atoms in total. The topological polar surface area (TPSA) is 97.7 Å². The minimum absolute atomic E-state index is 0.0676. The number of aromatic nitrogens is 1. The van der Waals surface area contributed by atoms with Crippen LogP contribution < -0.4 is 9.46 Å². The summed E-state index contributed by atoms with van der Waals surface area (Å²) in [4.78, 5) is 27.6. The van der Waals surface area contributed by atoms with Gasteiger partial charge in [0.05, 0.1) is 12.0 Å². The van der Waals surface area contributed by atoms with Gasteiger partial charge in [0.15, 0.2) is 0 Å². The summed E-state index contributed by atoms with van der Waals surface area (Å²) in [6.07, 6.45) is 8.22. The van der Waals surface area contributed by atoms with Gasteiger partial charge in [-0.3, -0.25) is 9.59 Å². The van der Waals surface area contributed by atoms with Crippen molar-refractivity contribution in [2.24, 2.45) is 0 Å². The van der Waals surface area contributed by atoms with Crippen LogP contribution in [-0.4, -0.2) is 49.9 Å². The number of carbonyl (C=O) groups is 2. The first-order valence-electron chi connectivity index (χ1n) is 15.4. The largest absolute Gasteiger partial charge is 0.496 e. The molecule has 0 bridgehead atoms. The Hall–Kier alpha value is -4.11. The van der Waals surface area contributed by atoms with E-state index in [1.54, 1.807) is 44.4 Å². The molecule has 2 heterocycles. The van der Waals surface area contributed by atoms with Crippen molar-refractivity contribution in [1.29, 1.82) is 0 Å². The molecule has 2 amide bonds. The average Bonchev–Trinajstić information content (AvgIpc) is 3.66. The maximum Gasteiger partial charge on any atom is 0.265 e. The van der Waals surface area contributed by atoms with Gasteiger partial charge in [-0.2, -0.15) is 0 Å². The Bertz CT molecular complexity index is 1770. The van der Waals surface area contributed by atoms with Crippen molar-refractivity contribution in [1.82, 2.24) is 14.2 Å². The first-order valence-corrected chi connectivity index (χ1v) is 16.9. The predicted molar refractivity (Wildman–Crippen MR) is 173 cm³/mol. The zero-order valence-corrected chi connectivity index (χ0v) is 26.6. The number of amides is 2. The van der Waals surface area contributed by atoms with Crippen molar-refractivity contribution in [3.63, 3.8) is 0 Å². The molecule has 232 valence electrons. The van der Waals surface area contributed by atoms with Gasteiger partial charge in [0.25, 0.3) is 15.9 Å². The molecule has 44 heavy (non-hydrogen) atoms. The van der Waals surface area contributed by atoms with E-state index in [2.05, 4.69) is 40.6 Å². The zero-order chi connectivity index (χ0) is 31.3. The molecular formula is C35H41N3O5S. The van der Waals surface area contributed by atoms with Gasteiger partial charge >= 0.3 is 0 Å². The third kappa shape index (κ3) is 6.99. The number of methoxy groups -OCH3 is 1. The van der Waals surface area contributed by atoms with E-state index in [4.69, 9.17) is 4.74 Å². The molecule has 5 rings (SSSR count). The molecule has 0 saturated carbocycles. The molecule has 0 radical (unpaired) electrons. The third-order valence-electron chi connectivity index (χ3n) is 8.35. The molecule has 1 N–H and O–H groups in total. The van der Waals surface area contributed by atoms with Gasteiger partial charge in [0.2, 0.25) is 5.91 Å². The normalized spacial score (nSPS) is 13.4. The Morgan fingerprint density at radius 1 is 0.977 bits per heavy atom. The van der Waals surface area contributed by atoms with E-state index < -0.39 is 15.9 Å². The number of benzene rings is 3. The summed E-state index contributed by atoms with van der Waals surface area (Å²) in [5, 5.41) is 1.16. The molecule has 1 aliphatic rings. The first-order chi connectivity index (χ1) is 21.2. The van der Waals surface area contributed by atoms with E-state index in [0.29, 0.717) is 24.2 Å². The molecule has 1 aliphatic heterocycles. The van der Waals surface area contributed by atoms with Crippen LogP contribution in [0.5, 0.6) is 5.75 Å². The minimum Gasteiger partial charge on any atom is -0.496 e. The Morgan fingerprint density at radius 2 is 1.75 bits per heavy atom. The number of rotatable bonds is 12. The number of likely N-dealkylation sites (tertiary alicyclic amines) is 1. The van der Waals surface area contributed by atoms with Crippen LogP contribution >= 0.6 is 0 Å². The standard InChI is InChI=1S/C35H41N3O5S/c1-4-18-38-24-29(30-21-26(14-17-31(30)38)11-9-13-34(39)37-19-7-8-20-37)22-27-15-16-28(23-32(27)43-3)35(40)36-44(41,42)33-12-6-5-10-25(33)2/h5-6,10,12,14-17,21,23-24H,4,7-9,11,13,18-20,22H2,1-3H3,(H,36,40). The smallest absolute Gasteiger partial charge is 0.265 e. The molecule has 3 aromatic carbocycles. The summed E-state index contributed by atoms with van der Waals surface area (Å²) in [7, 11) is -2.48. The molecule has 1 aromatic heterocycles. The van der Waals surface area contributed by atoms with Gasteiger partial charge in [-0.15, -0.1) is 0 Å². The number of aryl methyl sites for hydroxylation is 3. The van der Waals surface area contributed by atoms with Crippen molar-refractivity contribution < 1.29 is 22.7 Å². The van der Waals surface area contributed by atoms with E-state index in [1.807, 2.05) is 11.0 Å². The van der Waals surface area contributed by atoms with E-state index >= 15 is 0 Å². The van der Waals surface area contributed by atoms with E-state index in [0.717, 1.165) is 73.8 Å². The molecule has 1 fully saturated rings. The molecule has 4 aromatic rings. The molecule has 0 atom stereocenters. The lowest BCUT2D eigenvalue weighted by Gasteiger charge is -2.14. The predicted octanol–water partition coefficient (Wildman–Crippen LogP) is 6.02. The quantitative estimate of drug-likeness (QED) is 0.210. The summed E-state index contributed by atoms with van der Waals surface area (Å²) < 4.78 is 35.9. The highest BCUT2D eigenvalue weighted by Crippen LogP contribution is 2.30. The van der Waals surface area contributed by atoms with Gasteiger partial charge < -0.3 is 14.2 Å². The number of carbonyl (C=O) groups excluding carboxylic acids is 2. The highest BCUT2D eigenvalue weighted by Gasteiger charge is 2.22. The fourth-order valence-electron chi connectivity index (χ4n) is 6.04. The fraction of sp³-hybridized carbons (Fsp3) is 0.371. The first kappa shape index (κ1) is 31.3. The lowest BCUT2D eigenvalue weighted by Crippen LogP contribution is -2.31. The van der Waals surface area contributed by atoms with Crippen LogP contribution in [0.4, 0.5) is 0 Å². The van der Waals surface area contributed by atoms with Crippen LogP contribution in [0.15, 0.2) is 71.8 Å². The summed E-state index contributed by atoms with van der Waals surface area (Å²) in [6.45, 7) is 6.52. The summed E-state index contributed by atoms with van der Waals surface area (Å²) in [6, 6.07) is 18.2. The van der Waals surface area contributed by atoms with Crippen molar-refractivity contribution in [3.05, 3.63) is 94.7 Å². The molecule has 0 unspecified atom stereocenters. The zero-order valence-electron chi connectivity index (χ0n) is 25.8. The summed E-state index contributed by atoms with van der Waals surface area (Å²) >= 11 is 0. The number of nitrogens with zero attached hydrogens (tertiary/aromatic N) is 2. The number of sulfonamides is 1. The van der Waals surface area contributed by atoms with Crippen molar-refractivity contribution in [3.8, 4) is 5.75 Å². The van der Waals surface area contributed by atoms with Gasteiger partial charge in [-0.05, 0) is 91.6 Å². The summed E-state index contributed by atoms with van der Waals surface area (Å²) in [5.41, 5.74) is 5.15. The van der Waals surface area contributed by atoms with Crippen LogP contribution in [0.25, 0.3) is 10.9 Å². The minimum atomic E-state index is -4.03. The molecule has 1 saturated heterocycles. The summed E-state index contributed by atoms with van der Waals surface area (Å²) in [5.74, 6) is 0.0554. The van der Waals surface area contributed by atoms with E-state index in [9.17, 15) is 18.0 Å². The number of hydrogen-bond acceptors (Lipinski definition) is 5. The van der Waals surface area contributed by atoms with Crippen LogP contribution in [0.3, 0.4) is 0 Å². The van der Waals surface area contributed by atoms with Gasteiger partial charge in [-0.25, -0.2) is 13.1 Å². The van der Waals surface area contributed by atoms with Crippen molar-refractivity contribution in [2.45, 2.75) is 70.2 Å². The van der Waals surface area contributed by atoms with Crippen LogP contribution in [0.1, 0.15) is 71.6 Å². The van der Waals surface area contributed by atoms with Crippen molar-refractivity contribution in [2.75, 3.05) is 20.2 Å². The molecule has 0 spiro atoms. The number of fused-ring (bicyclic) bond motifs is 1. The SMILES string of the molecule is CCCn1cc(Cc2ccc(C(=O)NS(=O)(=O)c3ccccc3C)cc2OC)c2cc(CCCC(=O)N3CCCC3)ccc21. The number of ether oxygens (including phenoxy) is 1. The second kappa shape index (κ2) is 13.7. The second-order valence-electron chi connectivity index (χ2n) is 11.5.